The highest BCUT2D eigenvalue weighted by atomic mass is 19.1. The molecule has 0 aliphatic carbocycles. The van der Waals surface area contributed by atoms with E-state index in [9.17, 15) is 4.39 Å². The van der Waals surface area contributed by atoms with Crippen LogP contribution in [0, 0.1) is 5.82 Å². The maximum Gasteiger partial charge on any atom is 0.129 e. The molecule has 1 aromatic heterocycles. The Morgan fingerprint density at radius 1 is 0.913 bits per heavy atom. The highest BCUT2D eigenvalue weighted by Crippen LogP contribution is 2.23. The van der Waals surface area contributed by atoms with Gasteiger partial charge in [-0.15, -0.1) is 0 Å². The van der Waals surface area contributed by atoms with Gasteiger partial charge in [0.25, 0.3) is 0 Å². The van der Waals surface area contributed by atoms with Crippen molar-refractivity contribution < 1.29 is 13.9 Å². The summed E-state index contributed by atoms with van der Waals surface area (Å²) in [5.41, 5.74) is 1.90. The Balaban J connectivity index is 1.83. The van der Waals surface area contributed by atoms with Crippen LogP contribution in [0.25, 0.3) is 0 Å². The third-order valence-electron chi connectivity index (χ3n) is 3.67. The third kappa shape index (κ3) is 3.86. The predicted octanol–water partition coefficient (Wildman–Crippen LogP) is 3.79. The molecule has 0 radical (unpaired) electrons. The van der Waals surface area contributed by atoms with Crippen LogP contribution in [0.5, 0.6) is 0 Å². The first-order valence-corrected chi connectivity index (χ1v) is 7.48. The summed E-state index contributed by atoms with van der Waals surface area (Å²) in [6.45, 7) is 0.363. The second kappa shape index (κ2) is 7.22. The lowest BCUT2D eigenvalue weighted by atomic mass is 9.98. The summed E-state index contributed by atoms with van der Waals surface area (Å²) in [7, 11) is 0. The molecule has 118 valence electrons. The van der Waals surface area contributed by atoms with Crippen molar-refractivity contribution in [2.45, 2.75) is 19.2 Å². The van der Waals surface area contributed by atoms with Crippen LogP contribution in [0.15, 0.2) is 71.1 Å². The minimum Gasteiger partial charge on any atom is -0.462 e. The monoisotopic (exact) mass is 311 g/mol. The van der Waals surface area contributed by atoms with E-state index in [1.807, 2.05) is 42.5 Å². The summed E-state index contributed by atoms with van der Waals surface area (Å²) >= 11 is 0. The molecule has 3 rings (SSSR count). The fraction of sp³-hybridized carbons (Fsp3) is 0.158. The van der Waals surface area contributed by atoms with Crippen LogP contribution in [-0.4, -0.2) is 5.11 Å². The van der Waals surface area contributed by atoms with E-state index < -0.39 is 0 Å². The van der Waals surface area contributed by atoms with E-state index in [2.05, 4.69) is 5.32 Å². The molecule has 0 aliphatic rings. The van der Waals surface area contributed by atoms with E-state index >= 15 is 0 Å². The molecule has 0 saturated carbocycles. The second-order valence-electron chi connectivity index (χ2n) is 5.31. The van der Waals surface area contributed by atoms with E-state index in [1.165, 1.54) is 12.1 Å². The molecule has 0 unspecified atom stereocenters. The largest absolute Gasteiger partial charge is 0.462 e. The summed E-state index contributed by atoms with van der Waals surface area (Å²) in [4.78, 5) is 0. The van der Waals surface area contributed by atoms with Crippen molar-refractivity contribution in [3.8, 4) is 0 Å². The zero-order valence-corrected chi connectivity index (χ0v) is 12.6. The van der Waals surface area contributed by atoms with Crippen LogP contribution in [0.1, 0.15) is 28.7 Å². The molecule has 0 spiro atoms. The molecule has 4 heteroatoms. The maximum absolute atomic E-state index is 13.6. The number of halogens is 1. The molecule has 0 saturated heterocycles. The van der Waals surface area contributed by atoms with Crippen molar-refractivity contribution in [2.24, 2.45) is 0 Å². The van der Waals surface area contributed by atoms with Crippen LogP contribution in [-0.2, 0) is 13.2 Å². The van der Waals surface area contributed by atoms with Crippen molar-refractivity contribution >= 4 is 0 Å². The molecule has 0 fully saturated rings. The van der Waals surface area contributed by atoms with Crippen molar-refractivity contribution in [2.75, 3.05) is 0 Å². The van der Waals surface area contributed by atoms with Crippen LogP contribution in [0.2, 0.25) is 0 Å². The molecule has 0 bridgehead atoms. The summed E-state index contributed by atoms with van der Waals surface area (Å²) < 4.78 is 19.1. The Hall–Kier alpha value is -2.43. The molecule has 1 atom stereocenters. The zero-order chi connectivity index (χ0) is 16.1. The predicted molar refractivity (Wildman–Crippen MR) is 86.2 cm³/mol. The molecule has 1 heterocycles. The number of benzene rings is 2. The smallest absolute Gasteiger partial charge is 0.129 e. The van der Waals surface area contributed by atoms with Gasteiger partial charge in [0.2, 0.25) is 0 Å². The maximum atomic E-state index is 13.6. The Kier molecular flexibility index (Phi) is 4.86. The average Bonchev–Trinajstić information content (AvgIpc) is 3.04. The molecule has 2 N–H and O–H groups in total. The van der Waals surface area contributed by atoms with Crippen molar-refractivity contribution in [1.82, 2.24) is 5.32 Å². The lowest BCUT2D eigenvalue weighted by Gasteiger charge is -2.19. The van der Waals surface area contributed by atoms with Gasteiger partial charge < -0.3 is 9.52 Å². The van der Waals surface area contributed by atoms with Gasteiger partial charge in [0, 0.05) is 0 Å². The van der Waals surface area contributed by atoms with Gasteiger partial charge in [-0.25, -0.2) is 4.39 Å². The van der Waals surface area contributed by atoms with E-state index in [0.29, 0.717) is 12.3 Å². The molecule has 3 aromatic rings. The van der Waals surface area contributed by atoms with Gasteiger partial charge in [-0.1, -0.05) is 42.5 Å². The number of hydrogen-bond acceptors (Lipinski definition) is 3. The van der Waals surface area contributed by atoms with Gasteiger partial charge in [0.05, 0.1) is 12.6 Å². The normalized spacial score (nSPS) is 12.3. The van der Waals surface area contributed by atoms with E-state index in [-0.39, 0.29) is 18.5 Å². The first-order chi connectivity index (χ1) is 11.3. The van der Waals surface area contributed by atoms with Crippen LogP contribution in [0.3, 0.4) is 0 Å². The number of aliphatic hydroxyl groups is 1. The molecule has 0 aliphatic heterocycles. The number of aliphatic hydroxyl groups excluding tert-OH is 1. The number of nitrogens with one attached hydrogen (secondary N) is 1. The molecule has 23 heavy (non-hydrogen) atoms. The van der Waals surface area contributed by atoms with Crippen LogP contribution in [0.4, 0.5) is 4.39 Å². The lowest BCUT2D eigenvalue weighted by Crippen LogP contribution is -2.22. The van der Waals surface area contributed by atoms with Gasteiger partial charge in [0.1, 0.15) is 23.9 Å². The van der Waals surface area contributed by atoms with Crippen LogP contribution < -0.4 is 5.32 Å². The van der Waals surface area contributed by atoms with Gasteiger partial charge in [-0.2, -0.15) is 0 Å². The molecular weight excluding hydrogens is 293 g/mol. The minimum absolute atomic E-state index is 0.119. The Labute approximate surface area is 134 Å². The molecule has 0 amide bonds. The Bertz CT molecular complexity index is 755. The van der Waals surface area contributed by atoms with Gasteiger partial charge >= 0.3 is 0 Å². The van der Waals surface area contributed by atoms with Crippen molar-refractivity contribution in [3.05, 3.63) is 95.2 Å². The highest BCUT2D eigenvalue weighted by molar-refractivity contribution is 5.32. The first kappa shape index (κ1) is 15.5. The van der Waals surface area contributed by atoms with Crippen molar-refractivity contribution in [1.29, 1.82) is 0 Å². The molecule has 3 nitrogen and oxygen atoms in total. The average molecular weight is 311 g/mol. The Morgan fingerprint density at radius 2 is 1.65 bits per heavy atom. The Morgan fingerprint density at radius 3 is 2.35 bits per heavy atom. The summed E-state index contributed by atoms with van der Waals surface area (Å²) in [6, 6.07) is 19.9. The fourth-order valence-electron chi connectivity index (χ4n) is 2.56. The standard InChI is InChI=1S/C19H18FNO2/c20-16-8-4-7-15(11-16)19(14-5-2-1-3-6-14)21-12-17-9-10-18(13-22)23-17/h1-11,19,21-22H,12-13H2/t19-/m0/s1. The third-order valence-corrected chi connectivity index (χ3v) is 3.67. The molecular formula is C19H18FNO2. The summed E-state index contributed by atoms with van der Waals surface area (Å²) in [5.74, 6) is 1.00. The number of rotatable bonds is 6. The van der Waals surface area contributed by atoms with Crippen molar-refractivity contribution in [3.63, 3.8) is 0 Å². The zero-order valence-electron chi connectivity index (χ0n) is 12.6. The highest BCUT2D eigenvalue weighted by Gasteiger charge is 2.15. The lowest BCUT2D eigenvalue weighted by molar-refractivity contribution is 0.242. The van der Waals surface area contributed by atoms with E-state index in [0.717, 1.165) is 16.9 Å². The second-order valence-corrected chi connectivity index (χ2v) is 5.31. The van der Waals surface area contributed by atoms with Crippen LogP contribution >= 0.6 is 0 Å². The quantitative estimate of drug-likeness (QED) is 0.728. The van der Waals surface area contributed by atoms with Gasteiger partial charge in [-0.3, -0.25) is 5.32 Å². The van der Waals surface area contributed by atoms with Gasteiger partial charge in [0.15, 0.2) is 0 Å². The number of hydrogen-bond donors (Lipinski definition) is 2. The van der Waals surface area contributed by atoms with E-state index in [4.69, 9.17) is 9.52 Å². The summed E-state index contributed by atoms with van der Waals surface area (Å²) in [6.07, 6.45) is 0. The van der Waals surface area contributed by atoms with E-state index in [1.54, 1.807) is 12.1 Å². The summed E-state index contributed by atoms with van der Waals surface area (Å²) in [5, 5.41) is 12.5. The molecule has 2 aromatic carbocycles. The van der Waals surface area contributed by atoms with Gasteiger partial charge in [-0.05, 0) is 35.4 Å². The topological polar surface area (TPSA) is 45.4 Å². The number of furan rings is 1. The minimum atomic E-state index is -0.259. The SMILES string of the molecule is OCc1ccc(CN[C@@H](c2ccccc2)c2cccc(F)c2)o1. The fourth-order valence-corrected chi connectivity index (χ4v) is 2.56. The first-order valence-electron chi connectivity index (χ1n) is 7.48.